The molecule has 4 nitrogen and oxygen atoms in total. The van der Waals surface area contributed by atoms with Crippen LogP contribution < -0.4 is 4.90 Å². The highest BCUT2D eigenvalue weighted by Crippen LogP contribution is 2.33. The average molecular weight is 357 g/mol. The maximum atomic E-state index is 4.51. The molecule has 112 valence electrons. The van der Waals surface area contributed by atoms with Crippen LogP contribution in [-0.2, 0) is 0 Å². The van der Waals surface area contributed by atoms with E-state index in [1.807, 2.05) is 24.8 Å². The predicted molar refractivity (Wildman–Crippen MR) is 92.2 cm³/mol. The maximum Gasteiger partial charge on any atom is 0.0948 e. The van der Waals surface area contributed by atoms with Crippen molar-refractivity contribution in [2.45, 2.75) is 18.9 Å². The van der Waals surface area contributed by atoms with Gasteiger partial charge in [0.15, 0.2) is 0 Å². The van der Waals surface area contributed by atoms with Crippen LogP contribution in [-0.4, -0.2) is 27.6 Å². The number of hydrogen-bond acceptors (Lipinski definition) is 3. The number of para-hydroxylation sites is 1. The second-order valence-corrected chi connectivity index (χ2v) is 6.55. The first-order valence-electron chi connectivity index (χ1n) is 7.58. The number of benzene rings is 1. The average Bonchev–Trinajstić information content (AvgIpc) is 3.10. The lowest BCUT2D eigenvalue weighted by atomic mass is 10.0. The van der Waals surface area contributed by atoms with E-state index in [0.29, 0.717) is 6.04 Å². The second-order valence-electron chi connectivity index (χ2n) is 5.69. The molecule has 22 heavy (non-hydrogen) atoms. The Morgan fingerprint density at radius 1 is 1.09 bits per heavy atom. The van der Waals surface area contributed by atoms with Crippen LogP contribution in [0.2, 0.25) is 0 Å². The van der Waals surface area contributed by atoms with Crippen molar-refractivity contribution >= 4 is 32.5 Å². The number of nitrogens with zero attached hydrogens (tertiary/aromatic N) is 4. The summed E-state index contributed by atoms with van der Waals surface area (Å²) in [5.41, 5.74) is 2.33. The Morgan fingerprint density at radius 3 is 2.73 bits per heavy atom. The van der Waals surface area contributed by atoms with Crippen molar-refractivity contribution in [3.05, 3.63) is 53.7 Å². The molecule has 0 atom stereocenters. The number of piperidine rings is 1. The molecule has 0 N–H and O–H groups in total. The Kier molecular flexibility index (Phi) is 3.58. The summed E-state index contributed by atoms with van der Waals surface area (Å²) < 4.78 is 3.29. The number of hydrogen-bond donors (Lipinski definition) is 0. The van der Waals surface area contributed by atoms with E-state index < -0.39 is 0 Å². The highest BCUT2D eigenvalue weighted by atomic mass is 79.9. The van der Waals surface area contributed by atoms with Crippen LogP contribution in [0.25, 0.3) is 10.9 Å². The van der Waals surface area contributed by atoms with Gasteiger partial charge in [0.25, 0.3) is 0 Å². The summed E-state index contributed by atoms with van der Waals surface area (Å²) in [6.07, 6.45) is 10.1. The Bertz CT molecular complexity index is 776. The van der Waals surface area contributed by atoms with Crippen LogP contribution in [0.15, 0.2) is 53.7 Å². The van der Waals surface area contributed by atoms with Crippen molar-refractivity contribution in [2.24, 2.45) is 0 Å². The first-order valence-corrected chi connectivity index (χ1v) is 8.38. The van der Waals surface area contributed by atoms with E-state index in [4.69, 9.17) is 0 Å². The number of pyridine rings is 1. The number of anilines is 1. The minimum Gasteiger partial charge on any atom is -0.371 e. The molecule has 0 amide bonds. The maximum absolute atomic E-state index is 4.51. The highest BCUT2D eigenvalue weighted by Gasteiger charge is 2.21. The third kappa shape index (κ3) is 2.39. The fourth-order valence-corrected chi connectivity index (χ4v) is 3.76. The Hall–Kier alpha value is -1.88. The minimum absolute atomic E-state index is 0.568. The van der Waals surface area contributed by atoms with Crippen LogP contribution in [0.3, 0.4) is 0 Å². The van der Waals surface area contributed by atoms with Gasteiger partial charge < -0.3 is 9.47 Å². The van der Waals surface area contributed by atoms with Gasteiger partial charge in [-0.25, -0.2) is 4.98 Å². The van der Waals surface area contributed by atoms with E-state index in [-0.39, 0.29) is 0 Å². The lowest BCUT2D eigenvalue weighted by Crippen LogP contribution is -2.34. The summed E-state index contributed by atoms with van der Waals surface area (Å²) in [4.78, 5) is 11.1. The molecule has 3 heterocycles. The first kappa shape index (κ1) is 13.8. The van der Waals surface area contributed by atoms with Gasteiger partial charge in [0.1, 0.15) is 0 Å². The molecule has 0 unspecified atom stereocenters. The molecule has 5 heteroatoms. The van der Waals surface area contributed by atoms with Gasteiger partial charge in [0.05, 0.1) is 11.8 Å². The SMILES string of the molecule is Brc1cccc2c(N3CCC(n4ccnc4)CC3)ccnc12. The van der Waals surface area contributed by atoms with Crippen molar-refractivity contribution in [2.75, 3.05) is 18.0 Å². The minimum atomic E-state index is 0.568. The highest BCUT2D eigenvalue weighted by molar-refractivity contribution is 9.10. The lowest BCUT2D eigenvalue weighted by Gasteiger charge is -2.34. The Labute approximate surface area is 137 Å². The van der Waals surface area contributed by atoms with E-state index in [1.54, 1.807) is 0 Å². The van der Waals surface area contributed by atoms with Gasteiger partial charge in [-0.15, -0.1) is 0 Å². The molecule has 1 aliphatic rings. The molecule has 0 bridgehead atoms. The van der Waals surface area contributed by atoms with Gasteiger partial charge in [-0.1, -0.05) is 12.1 Å². The zero-order valence-electron chi connectivity index (χ0n) is 12.2. The molecule has 0 spiro atoms. The predicted octanol–water partition coefficient (Wildman–Crippen LogP) is 4.04. The van der Waals surface area contributed by atoms with Gasteiger partial charge >= 0.3 is 0 Å². The molecule has 1 aliphatic heterocycles. The molecule has 0 radical (unpaired) electrons. The Morgan fingerprint density at radius 2 is 1.95 bits per heavy atom. The van der Waals surface area contributed by atoms with E-state index in [0.717, 1.165) is 35.9 Å². The lowest BCUT2D eigenvalue weighted by molar-refractivity contribution is 0.396. The molecule has 1 fully saturated rings. The molecular weight excluding hydrogens is 340 g/mol. The topological polar surface area (TPSA) is 34.0 Å². The fourth-order valence-electron chi connectivity index (χ4n) is 3.29. The number of aromatic nitrogens is 3. The molecule has 2 aromatic heterocycles. The quantitative estimate of drug-likeness (QED) is 0.694. The summed E-state index contributed by atoms with van der Waals surface area (Å²) in [7, 11) is 0. The molecule has 0 aliphatic carbocycles. The van der Waals surface area contributed by atoms with Crippen LogP contribution in [0.1, 0.15) is 18.9 Å². The zero-order chi connectivity index (χ0) is 14.9. The summed E-state index contributed by atoms with van der Waals surface area (Å²) in [5, 5.41) is 1.22. The van der Waals surface area contributed by atoms with E-state index >= 15 is 0 Å². The third-order valence-electron chi connectivity index (χ3n) is 4.45. The third-order valence-corrected chi connectivity index (χ3v) is 5.09. The van der Waals surface area contributed by atoms with Crippen molar-refractivity contribution in [1.29, 1.82) is 0 Å². The molecule has 4 rings (SSSR count). The molecule has 3 aromatic rings. The van der Waals surface area contributed by atoms with Crippen molar-refractivity contribution in [3.8, 4) is 0 Å². The smallest absolute Gasteiger partial charge is 0.0948 e. The number of rotatable bonds is 2. The normalized spacial score (nSPS) is 16.3. The summed E-state index contributed by atoms with van der Waals surface area (Å²) >= 11 is 3.60. The number of halogens is 1. The van der Waals surface area contributed by atoms with E-state index in [1.165, 1.54) is 11.1 Å². The van der Waals surface area contributed by atoms with Crippen molar-refractivity contribution in [3.63, 3.8) is 0 Å². The van der Waals surface area contributed by atoms with Crippen LogP contribution >= 0.6 is 15.9 Å². The van der Waals surface area contributed by atoms with Gasteiger partial charge in [-0.05, 0) is 40.9 Å². The zero-order valence-corrected chi connectivity index (χ0v) is 13.8. The van der Waals surface area contributed by atoms with Gasteiger partial charge in [0, 0.05) is 53.3 Å². The summed E-state index contributed by atoms with van der Waals surface area (Å²) in [5.74, 6) is 0. The summed E-state index contributed by atoms with van der Waals surface area (Å²) in [6.45, 7) is 2.13. The number of fused-ring (bicyclic) bond motifs is 1. The van der Waals surface area contributed by atoms with Crippen LogP contribution in [0.5, 0.6) is 0 Å². The van der Waals surface area contributed by atoms with Gasteiger partial charge in [0.2, 0.25) is 0 Å². The summed E-state index contributed by atoms with van der Waals surface area (Å²) in [6, 6.07) is 8.98. The van der Waals surface area contributed by atoms with Crippen LogP contribution in [0, 0.1) is 0 Å². The monoisotopic (exact) mass is 356 g/mol. The second kappa shape index (κ2) is 5.72. The van der Waals surface area contributed by atoms with Crippen molar-refractivity contribution in [1.82, 2.24) is 14.5 Å². The molecular formula is C17H17BrN4. The fraction of sp³-hybridized carbons (Fsp3) is 0.294. The van der Waals surface area contributed by atoms with E-state index in [9.17, 15) is 0 Å². The Balaban J connectivity index is 1.60. The van der Waals surface area contributed by atoms with E-state index in [2.05, 4.69) is 59.8 Å². The first-order chi connectivity index (χ1) is 10.8. The standard InChI is InChI=1S/C17H17BrN4/c18-15-3-1-2-14-16(4-7-20-17(14)15)21-9-5-13(6-10-21)22-11-8-19-12-22/h1-4,7-8,11-13H,5-6,9-10H2. The molecule has 1 aromatic carbocycles. The molecule has 0 saturated carbocycles. The van der Waals surface area contributed by atoms with Crippen LogP contribution in [0.4, 0.5) is 5.69 Å². The van der Waals surface area contributed by atoms with Crippen molar-refractivity contribution < 1.29 is 0 Å². The molecule has 1 saturated heterocycles. The van der Waals surface area contributed by atoms with Gasteiger partial charge in [-0.3, -0.25) is 4.98 Å². The number of imidazole rings is 1. The largest absolute Gasteiger partial charge is 0.371 e. The van der Waals surface area contributed by atoms with Gasteiger partial charge in [-0.2, -0.15) is 0 Å².